The Morgan fingerprint density at radius 2 is 1.60 bits per heavy atom. The lowest BCUT2D eigenvalue weighted by atomic mass is 9.91. The zero-order valence-electron chi connectivity index (χ0n) is 15.6. The highest BCUT2D eigenvalue weighted by atomic mass is 15.2. The Balaban J connectivity index is 1.27. The minimum Gasteiger partial charge on any atom is -0.372 e. The Kier molecular flexibility index (Phi) is 5.90. The number of hydrogen-bond donors (Lipinski definition) is 2. The molecule has 1 aromatic rings. The second-order valence-electron chi connectivity index (χ2n) is 8.12. The second kappa shape index (κ2) is 8.52. The van der Waals surface area contributed by atoms with Crippen molar-refractivity contribution in [3.63, 3.8) is 0 Å². The van der Waals surface area contributed by atoms with E-state index in [4.69, 9.17) is 0 Å². The first-order valence-corrected chi connectivity index (χ1v) is 10.4. The lowest BCUT2D eigenvalue weighted by Gasteiger charge is -2.37. The Hall–Kier alpha value is -1.10. The predicted molar refractivity (Wildman–Crippen MR) is 106 cm³/mol. The van der Waals surface area contributed by atoms with Crippen LogP contribution >= 0.6 is 0 Å². The summed E-state index contributed by atoms with van der Waals surface area (Å²) >= 11 is 0. The van der Waals surface area contributed by atoms with Crippen molar-refractivity contribution in [2.24, 2.45) is 5.92 Å². The van der Waals surface area contributed by atoms with Gasteiger partial charge in [0.25, 0.3) is 0 Å². The van der Waals surface area contributed by atoms with Crippen molar-refractivity contribution < 1.29 is 0 Å². The maximum Gasteiger partial charge on any atom is 0.0366 e. The number of benzene rings is 1. The first kappa shape index (κ1) is 17.3. The average molecular weight is 343 g/mol. The van der Waals surface area contributed by atoms with Gasteiger partial charge >= 0.3 is 0 Å². The van der Waals surface area contributed by atoms with Crippen molar-refractivity contribution in [3.8, 4) is 0 Å². The molecule has 3 fully saturated rings. The largest absolute Gasteiger partial charge is 0.372 e. The molecule has 0 bridgehead atoms. The molecule has 1 unspecified atom stereocenters. The molecule has 0 aromatic heterocycles. The summed E-state index contributed by atoms with van der Waals surface area (Å²) in [6.07, 6.45) is 5.34. The normalized spacial score (nSPS) is 26.7. The van der Waals surface area contributed by atoms with Crippen LogP contribution in [0.3, 0.4) is 0 Å². The van der Waals surface area contributed by atoms with Crippen LogP contribution in [-0.4, -0.2) is 63.8 Å². The second-order valence-corrected chi connectivity index (χ2v) is 8.12. The van der Waals surface area contributed by atoms with Crippen LogP contribution in [0.15, 0.2) is 24.3 Å². The third kappa shape index (κ3) is 4.55. The fourth-order valence-electron chi connectivity index (χ4n) is 4.73. The molecule has 3 heterocycles. The summed E-state index contributed by atoms with van der Waals surface area (Å²) in [6, 6.07) is 9.47. The quantitative estimate of drug-likeness (QED) is 0.879. The van der Waals surface area contributed by atoms with Crippen LogP contribution in [0, 0.1) is 5.92 Å². The maximum atomic E-state index is 3.53. The van der Waals surface area contributed by atoms with E-state index in [2.05, 4.69) is 44.7 Å². The van der Waals surface area contributed by atoms with Gasteiger partial charge in [0.1, 0.15) is 0 Å². The molecule has 0 amide bonds. The van der Waals surface area contributed by atoms with Crippen molar-refractivity contribution in [1.29, 1.82) is 0 Å². The number of piperazine rings is 1. The molecule has 1 aromatic carbocycles. The minimum absolute atomic E-state index is 0.715. The van der Waals surface area contributed by atoms with E-state index in [0.717, 1.165) is 12.5 Å². The molecular weight excluding hydrogens is 308 g/mol. The molecule has 0 aliphatic carbocycles. The molecule has 3 aliphatic heterocycles. The first-order chi connectivity index (χ1) is 12.4. The summed E-state index contributed by atoms with van der Waals surface area (Å²) in [6.45, 7) is 10.9. The number of nitrogens with one attached hydrogen (secondary N) is 2. The molecule has 3 aliphatic rings. The van der Waals surface area contributed by atoms with Gasteiger partial charge in [-0.15, -0.1) is 0 Å². The molecule has 4 nitrogen and oxygen atoms in total. The van der Waals surface area contributed by atoms with Crippen LogP contribution in [0.5, 0.6) is 0 Å². The van der Waals surface area contributed by atoms with Gasteiger partial charge in [-0.3, -0.25) is 0 Å². The molecule has 4 rings (SSSR count). The van der Waals surface area contributed by atoms with E-state index in [1.54, 1.807) is 0 Å². The molecule has 25 heavy (non-hydrogen) atoms. The van der Waals surface area contributed by atoms with Gasteiger partial charge < -0.3 is 20.4 Å². The van der Waals surface area contributed by atoms with Crippen LogP contribution in [0.4, 0.5) is 5.69 Å². The van der Waals surface area contributed by atoms with Crippen LogP contribution in [0.1, 0.15) is 37.2 Å². The molecule has 0 spiro atoms. The fraction of sp³-hybridized carbons (Fsp3) is 0.714. The van der Waals surface area contributed by atoms with E-state index in [0.29, 0.717) is 5.92 Å². The van der Waals surface area contributed by atoms with Gasteiger partial charge in [0.15, 0.2) is 0 Å². The molecule has 0 radical (unpaired) electrons. The SMILES string of the molecule is c1cc(N2CCC(CN3CCNCC3)CC2)ccc1C1CCCNC1. The highest BCUT2D eigenvalue weighted by Crippen LogP contribution is 2.28. The van der Waals surface area contributed by atoms with Crippen molar-refractivity contribution in [1.82, 2.24) is 15.5 Å². The Morgan fingerprint density at radius 3 is 2.28 bits per heavy atom. The van der Waals surface area contributed by atoms with Gasteiger partial charge in [-0.25, -0.2) is 0 Å². The minimum atomic E-state index is 0.715. The van der Waals surface area contributed by atoms with Crippen molar-refractivity contribution >= 4 is 5.69 Å². The Morgan fingerprint density at radius 1 is 0.840 bits per heavy atom. The molecule has 1 atom stereocenters. The monoisotopic (exact) mass is 342 g/mol. The molecule has 0 saturated carbocycles. The fourth-order valence-corrected chi connectivity index (χ4v) is 4.73. The van der Waals surface area contributed by atoms with Crippen LogP contribution in [0.25, 0.3) is 0 Å². The summed E-state index contributed by atoms with van der Waals surface area (Å²) in [5.74, 6) is 1.61. The summed E-state index contributed by atoms with van der Waals surface area (Å²) in [5.41, 5.74) is 2.94. The van der Waals surface area contributed by atoms with Gasteiger partial charge in [0.05, 0.1) is 0 Å². The van der Waals surface area contributed by atoms with Crippen molar-refractivity contribution in [3.05, 3.63) is 29.8 Å². The van der Waals surface area contributed by atoms with Crippen LogP contribution in [0.2, 0.25) is 0 Å². The van der Waals surface area contributed by atoms with E-state index >= 15 is 0 Å². The van der Waals surface area contributed by atoms with Gasteiger partial charge in [-0.1, -0.05) is 12.1 Å². The van der Waals surface area contributed by atoms with Gasteiger partial charge in [-0.2, -0.15) is 0 Å². The predicted octanol–water partition coefficient (Wildman–Crippen LogP) is 2.28. The number of hydrogen-bond acceptors (Lipinski definition) is 4. The third-order valence-electron chi connectivity index (χ3n) is 6.37. The van der Waals surface area contributed by atoms with E-state index in [9.17, 15) is 0 Å². The average Bonchev–Trinajstić information content (AvgIpc) is 2.70. The van der Waals surface area contributed by atoms with E-state index in [1.807, 2.05) is 0 Å². The zero-order valence-corrected chi connectivity index (χ0v) is 15.6. The topological polar surface area (TPSA) is 30.5 Å². The van der Waals surface area contributed by atoms with Crippen LogP contribution in [-0.2, 0) is 0 Å². The van der Waals surface area contributed by atoms with Gasteiger partial charge in [-0.05, 0) is 61.8 Å². The molecule has 3 saturated heterocycles. The van der Waals surface area contributed by atoms with E-state index in [1.165, 1.54) is 89.3 Å². The van der Waals surface area contributed by atoms with Crippen molar-refractivity contribution in [2.45, 2.75) is 31.6 Å². The highest BCUT2D eigenvalue weighted by molar-refractivity contribution is 5.48. The molecule has 2 N–H and O–H groups in total. The number of anilines is 1. The van der Waals surface area contributed by atoms with E-state index in [-0.39, 0.29) is 0 Å². The lowest BCUT2D eigenvalue weighted by molar-refractivity contribution is 0.190. The summed E-state index contributed by atoms with van der Waals surface area (Å²) in [4.78, 5) is 5.25. The first-order valence-electron chi connectivity index (χ1n) is 10.4. The number of rotatable bonds is 4. The lowest BCUT2D eigenvalue weighted by Crippen LogP contribution is -2.46. The number of piperidine rings is 2. The van der Waals surface area contributed by atoms with Crippen molar-refractivity contribution in [2.75, 3.05) is 63.8 Å². The molecule has 4 heteroatoms. The molecular formula is C21H34N4. The van der Waals surface area contributed by atoms with Gasteiger partial charge in [0.2, 0.25) is 0 Å². The third-order valence-corrected chi connectivity index (χ3v) is 6.37. The smallest absolute Gasteiger partial charge is 0.0366 e. The summed E-state index contributed by atoms with van der Waals surface area (Å²) in [5, 5.41) is 6.99. The van der Waals surface area contributed by atoms with Gasteiger partial charge in [0, 0.05) is 58.0 Å². The highest BCUT2D eigenvalue weighted by Gasteiger charge is 2.22. The number of nitrogens with zero attached hydrogens (tertiary/aromatic N) is 2. The summed E-state index contributed by atoms with van der Waals surface area (Å²) < 4.78 is 0. The van der Waals surface area contributed by atoms with E-state index < -0.39 is 0 Å². The molecule has 138 valence electrons. The van der Waals surface area contributed by atoms with Crippen LogP contribution < -0.4 is 15.5 Å². The standard InChI is InChI=1S/C21H34N4/c1-2-20(16-23-9-1)19-3-5-21(6-4-19)25-12-7-18(8-13-25)17-24-14-10-22-11-15-24/h3-6,18,20,22-23H,1-2,7-17H2. The Bertz CT molecular complexity index is 509. The zero-order chi connectivity index (χ0) is 16.9. The Labute approximate surface area is 153 Å². The maximum absolute atomic E-state index is 3.53. The summed E-state index contributed by atoms with van der Waals surface area (Å²) in [7, 11) is 0.